The summed E-state index contributed by atoms with van der Waals surface area (Å²) in [6.45, 7) is 7.67. The van der Waals surface area contributed by atoms with Crippen molar-refractivity contribution in [3.63, 3.8) is 0 Å². The molecule has 2 saturated heterocycles. The van der Waals surface area contributed by atoms with E-state index in [1.54, 1.807) is 19.3 Å². The van der Waals surface area contributed by atoms with Crippen LogP contribution in [0.5, 0.6) is 17.2 Å². The van der Waals surface area contributed by atoms with E-state index in [4.69, 9.17) is 14.0 Å². The highest BCUT2D eigenvalue weighted by Crippen LogP contribution is 2.35. The summed E-state index contributed by atoms with van der Waals surface area (Å²) in [6, 6.07) is 22.7. The number of anilines is 1. The minimum absolute atomic E-state index is 0.205. The van der Waals surface area contributed by atoms with Crippen LogP contribution >= 0.6 is 0 Å². The van der Waals surface area contributed by atoms with Gasteiger partial charge in [0.1, 0.15) is 24.1 Å². The van der Waals surface area contributed by atoms with Crippen LogP contribution < -0.4 is 19.7 Å². The molecule has 12 nitrogen and oxygen atoms in total. The highest BCUT2D eigenvalue weighted by Gasteiger charge is 2.31. The van der Waals surface area contributed by atoms with E-state index >= 15 is 0 Å². The van der Waals surface area contributed by atoms with Gasteiger partial charge in [0.25, 0.3) is 0 Å². The molecule has 0 radical (unpaired) electrons. The normalized spacial score (nSPS) is 17.7. The second-order valence-electron chi connectivity index (χ2n) is 13.6. The van der Waals surface area contributed by atoms with Gasteiger partial charge in [-0.05, 0) is 65.8 Å². The van der Waals surface area contributed by atoms with E-state index in [1.165, 1.54) is 5.56 Å². The van der Waals surface area contributed by atoms with Crippen molar-refractivity contribution in [3.05, 3.63) is 109 Å². The van der Waals surface area contributed by atoms with Crippen molar-refractivity contribution in [1.29, 1.82) is 0 Å². The number of ether oxygens (including phenoxy) is 2. The highest BCUT2D eigenvalue weighted by atomic mass is 16.5. The van der Waals surface area contributed by atoms with Gasteiger partial charge >= 0.3 is 0 Å². The Morgan fingerprint density at radius 1 is 0.863 bits per heavy atom. The number of aromatic nitrogens is 5. The summed E-state index contributed by atoms with van der Waals surface area (Å²) >= 11 is 0. The Hall–Kier alpha value is -6.04. The van der Waals surface area contributed by atoms with Crippen molar-refractivity contribution in [2.45, 2.75) is 57.5 Å². The maximum atomic E-state index is 12.4. The molecule has 2 fully saturated rings. The van der Waals surface area contributed by atoms with Gasteiger partial charge in [-0.15, -0.1) is 0 Å². The van der Waals surface area contributed by atoms with Gasteiger partial charge in [-0.25, -0.2) is 9.97 Å². The van der Waals surface area contributed by atoms with Crippen LogP contribution in [-0.2, 0) is 15.0 Å². The number of hydrogen-bond acceptors (Lipinski definition) is 10. The first kappa shape index (κ1) is 32.2. The maximum Gasteiger partial charge on any atom is 0.249 e. The Morgan fingerprint density at radius 3 is 2.22 bits per heavy atom. The number of piperidine rings is 1. The number of nitrogens with one attached hydrogen (secondary N) is 1. The molecule has 12 heteroatoms. The number of rotatable bonds is 10. The first-order valence-corrected chi connectivity index (χ1v) is 17.1. The Labute approximate surface area is 294 Å². The predicted molar refractivity (Wildman–Crippen MR) is 190 cm³/mol. The molecule has 1 unspecified atom stereocenters. The minimum atomic E-state index is -0.359. The number of carbonyl (C=O) groups excluding carboxylic acids is 2. The zero-order chi connectivity index (χ0) is 35.1. The summed E-state index contributed by atoms with van der Waals surface area (Å²) in [6.07, 6.45) is 9.09. The van der Waals surface area contributed by atoms with Gasteiger partial charge in [0.15, 0.2) is 5.75 Å². The van der Waals surface area contributed by atoms with Crippen molar-refractivity contribution in [1.82, 2.24) is 30.0 Å². The van der Waals surface area contributed by atoms with Crippen LogP contribution in [0.1, 0.15) is 56.2 Å². The first-order valence-electron chi connectivity index (χ1n) is 17.1. The molecule has 0 bridgehead atoms. The van der Waals surface area contributed by atoms with Crippen molar-refractivity contribution in [2.24, 2.45) is 0 Å². The summed E-state index contributed by atoms with van der Waals surface area (Å²) in [5.41, 5.74) is 3.22. The number of aryl methyl sites for hydroxylation is 1. The smallest absolute Gasteiger partial charge is 0.249 e. The molecule has 3 aromatic carbocycles. The molecule has 0 aliphatic carbocycles. The minimum Gasteiger partial charge on any atom is -0.491 e. The van der Waals surface area contributed by atoms with Crippen LogP contribution in [0.4, 0.5) is 5.69 Å². The number of imide groups is 1. The molecule has 2 aliphatic heterocycles. The summed E-state index contributed by atoms with van der Waals surface area (Å²) in [5, 5.41) is 8.43. The van der Waals surface area contributed by atoms with E-state index in [2.05, 4.69) is 86.6 Å². The second-order valence-corrected chi connectivity index (χ2v) is 13.6. The summed E-state index contributed by atoms with van der Waals surface area (Å²) in [4.78, 5) is 39.1. The van der Waals surface area contributed by atoms with Crippen LogP contribution in [0.25, 0.3) is 22.4 Å². The van der Waals surface area contributed by atoms with Gasteiger partial charge < -0.3 is 23.5 Å². The third kappa shape index (κ3) is 6.52. The van der Waals surface area contributed by atoms with Gasteiger partial charge in [0, 0.05) is 48.8 Å². The number of fused-ring (bicyclic) bond motifs is 1. The average Bonchev–Trinajstić information content (AvgIpc) is 3.74. The van der Waals surface area contributed by atoms with Gasteiger partial charge in [-0.3, -0.25) is 14.9 Å². The van der Waals surface area contributed by atoms with Gasteiger partial charge in [-0.1, -0.05) is 49.3 Å². The fraction of sp³-hybridized carbons (Fsp3) is 0.282. The summed E-state index contributed by atoms with van der Waals surface area (Å²) < 4.78 is 19.2. The van der Waals surface area contributed by atoms with E-state index in [0.717, 1.165) is 40.7 Å². The second kappa shape index (κ2) is 13.0. The number of hydrogen-bond donors (Lipinski definition) is 1. The van der Waals surface area contributed by atoms with Crippen molar-refractivity contribution in [3.8, 4) is 28.9 Å². The maximum absolute atomic E-state index is 12.4. The largest absolute Gasteiger partial charge is 0.491 e. The predicted octanol–water partition coefficient (Wildman–Crippen LogP) is 6.54. The first-order chi connectivity index (χ1) is 24.7. The third-order valence-corrected chi connectivity index (χ3v) is 9.88. The third-order valence-electron chi connectivity index (χ3n) is 9.88. The van der Waals surface area contributed by atoms with Crippen molar-refractivity contribution >= 4 is 28.3 Å². The highest BCUT2D eigenvalue weighted by molar-refractivity contribution is 5.99. The standard InChI is InChI=1S/C39H37N7O5/c1-24-42-37(44-51-24)36-40-19-33(20-41-36)50-32-12-7-28(8-13-32)39(2,3)27-5-10-31(11-6-27)49-23-30-16-17-46(30)29-9-4-25-21-45(22-26(25)18-29)34-14-15-35(47)43-38(34)48/h4-13,18-22,30,34H,14-17,23H2,1-3H3,(H,43,47,48)/t30-,34?/m0/s1. The molecule has 2 amide bonds. The molecule has 258 valence electrons. The van der Waals surface area contributed by atoms with Crippen LogP contribution in [0.15, 0.2) is 96.0 Å². The van der Waals surface area contributed by atoms with Crippen LogP contribution in [0.3, 0.4) is 0 Å². The molecule has 8 rings (SSSR count). The molecular weight excluding hydrogens is 646 g/mol. The molecule has 2 atom stereocenters. The number of amides is 2. The monoisotopic (exact) mass is 683 g/mol. The Bertz CT molecular complexity index is 2210. The molecular formula is C39H37N7O5. The lowest BCUT2D eigenvalue weighted by Gasteiger charge is -2.42. The van der Waals surface area contributed by atoms with E-state index < -0.39 is 0 Å². The fourth-order valence-corrected chi connectivity index (χ4v) is 6.71. The lowest BCUT2D eigenvalue weighted by atomic mass is 9.78. The Morgan fingerprint density at radius 2 is 1.57 bits per heavy atom. The molecule has 51 heavy (non-hydrogen) atoms. The molecule has 0 saturated carbocycles. The topological polar surface area (TPSA) is 138 Å². The molecule has 5 heterocycles. The van der Waals surface area contributed by atoms with Crippen molar-refractivity contribution in [2.75, 3.05) is 18.1 Å². The summed E-state index contributed by atoms with van der Waals surface area (Å²) in [5.74, 6) is 2.74. The Kier molecular flexibility index (Phi) is 8.21. The average molecular weight is 684 g/mol. The van der Waals surface area contributed by atoms with Gasteiger partial charge in [0.2, 0.25) is 29.4 Å². The number of nitrogens with zero attached hydrogens (tertiary/aromatic N) is 6. The quantitative estimate of drug-likeness (QED) is 0.158. The van der Waals surface area contributed by atoms with Gasteiger partial charge in [-0.2, -0.15) is 4.98 Å². The van der Waals surface area contributed by atoms with E-state index in [-0.39, 0.29) is 29.3 Å². The Balaban J connectivity index is 0.864. The molecule has 2 aliphatic rings. The molecule has 3 aromatic heterocycles. The van der Waals surface area contributed by atoms with E-state index in [1.807, 2.05) is 41.2 Å². The number of carbonyl (C=O) groups is 2. The van der Waals surface area contributed by atoms with Crippen LogP contribution in [-0.4, -0.2) is 55.7 Å². The van der Waals surface area contributed by atoms with E-state index in [9.17, 15) is 9.59 Å². The molecule has 6 aromatic rings. The van der Waals surface area contributed by atoms with Crippen LogP contribution in [0, 0.1) is 6.92 Å². The van der Waals surface area contributed by atoms with Crippen LogP contribution in [0.2, 0.25) is 0 Å². The lowest BCUT2D eigenvalue weighted by molar-refractivity contribution is -0.135. The molecule has 1 N–H and O–H groups in total. The number of benzene rings is 3. The zero-order valence-electron chi connectivity index (χ0n) is 28.6. The lowest BCUT2D eigenvalue weighted by Crippen LogP contribution is -2.51. The molecule has 0 spiro atoms. The zero-order valence-corrected chi connectivity index (χ0v) is 28.6. The van der Waals surface area contributed by atoms with Gasteiger partial charge in [0.05, 0.1) is 18.4 Å². The fourth-order valence-electron chi connectivity index (χ4n) is 6.71. The van der Waals surface area contributed by atoms with E-state index in [0.29, 0.717) is 48.5 Å². The van der Waals surface area contributed by atoms with Crippen molar-refractivity contribution < 1.29 is 23.6 Å². The summed E-state index contributed by atoms with van der Waals surface area (Å²) in [7, 11) is 0. The SMILES string of the molecule is Cc1nc(-c2ncc(Oc3ccc(C(C)(C)c4ccc(OC[C@@H]5CCN5c5ccc6cn(C7CCC(=O)NC7=O)cc6c5)cc4)cc3)cn2)no1.